The monoisotopic (exact) mass is 359 g/mol. The lowest BCUT2D eigenvalue weighted by molar-refractivity contribution is -0.127. The number of rotatable bonds is 4. The molecular weight excluding hydrogens is 322 g/mol. The van der Waals surface area contributed by atoms with E-state index >= 15 is 0 Å². The third-order valence-corrected chi connectivity index (χ3v) is 9.02. The summed E-state index contributed by atoms with van der Waals surface area (Å²) in [4.78, 5) is 12.2. The van der Waals surface area contributed by atoms with E-state index in [9.17, 15) is 4.79 Å². The molecule has 0 spiro atoms. The molecule has 0 aromatic rings. The van der Waals surface area contributed by atoms with Gasteiger partial charge in [-0.05, 0) is 86.9 Å². The highest BCUT2D eigenvalue weighted by atomic mass is 16.5. The molecule has 4 aliphatic rings. The van der Waals surface area contributed by atoms with Gasteiger partial charge >= 0.3 is 0 Å². The quantitative estimate of drug-likeness (QED) is 0.752. The standard InChI is InChI=1S/C23H37NO2/c1-15(25)19-6-7-20-18-5-4-16-14-17(26-13-12-24)8-10-22(16,2)21(18)9-11-23(19,20)3/h4,17-21H,5-14,24H2,1-3H3/t17?,18-,19+,20-,21-,22-,23+/m0/s1. The number of nitrogens with two attached hydrogens (primary N) is 1. The molecule has 0 aromatic heterocycles. The molecule has 0 bridgehead atoms. The van der Waals surface area contributed by atoms with Gasteiger partial charge in [-0.3, -0.25) is 4.79 Å². The van der Waals surface area contributed by atoms with Gasteiger partial charge in [0.05, 0.1) is 12.7 Å². The zero-order valence-corrected chi connectivity index (χ0v) is 16.9. The highest BCUT2D eigenvalue weighted by Crippen LogP contribution is 2.66. The Morgan fingerprint density at radius 1 is 1.19 bits per heavy atom. The first-order chi connectivity index (χ1) is 12.4. The van der Waals surface area contributed by atoms with Crippen molar-refractivity contribution in [1.82, 2.24) is 0 Å². The maximum absolute atomic E-state index is 12.2. The Morgan fingerprint density at radius 2 is 2.00 bits per heavy atom. The van der Waals surface area contributed by atoms with E-state index in [1.54, 1.807) is 5.57 Å². The van der Waals surface area contributed by atoms with Gasteiger partial charge in [0.1, 0.15) is 5.78 Å². The molecule has 0 radical (unpaired) electrons. The molecule has 1 unspecified atom stereocenters. The summed E-state index contributed by atoms with van der Waals surface area (Å²) in [6.07, 6.45) is 12.7. The number of ether oxygens (including phenoxy) is 1. The second kappa shape index (κ2) is 6.74. The number of carbonyl (C=O) groups is 1. The predicted molar refractivity (Wildman–Crippen MR) is 105 cm³/mol. The molecule has 0 saturated heterocycles. The summed E-state index contributed by atoms with van der Waals surface area (Å²) < 4.78 is 5.98. The fourth-order valence-corrected chi connectivity index (χ4v) is 7.67. The van der Waals surface area contributed by atoms with Crippen LogP contribution in [-0.4, -0.2) is 25.0 Å². The lowest BCUT2D eigenvalue weighted by Gasteiger charge is -2.58. The number of hydrogen-bond acceptors (Lipinski definition) is 3. The van der Waals surface area contributed by atoms with E-state index in [4.69, 9.17) is 10.5 Å². The number of fused-ring (bicyclic) bond motifs is 5. The molecule has 3 saturated carbocycles. The van der Waals surface area contributed by atoms with E-state index in [-0.39, 0.29) is 5.41 Å². The van der Waals surface area contributed by atoms with Crippen molar-refractivity contribution >= 4 is 5.78 Å². The van der Waals surface area contributed by atoms with E-state index in [2.05, 4.69) is 19.9 Å². The molecule has 4 aliphatic carbocycles. The maximum atomic E-state index is 12.2. The third-order valence-electron chi connectivity index (χ3n) is 9.02. The van der Waals surface area contributed by atoms with Crippen molar-refractivity contribution in [2.24, 2.45) is 40.2 Å². The van der Waals surface area contributed by atoms with Crippen LogP contribution >= 0.6 is 0 Å². The number of allylic oxidation sites excluding steroid dienone is 1. The Morgan fingerprint density at radius 3 is 2.73 bits per heavy atom. The van der Waals surface area contributed by atoms with E-state index in [1.165, 1.54) is 38.5 Å². The van der Waals surface area contributed by atoms with Crippen LogP contribution in [0.2, 0.25) is 0 Å². The van der Waals surface area contributed by atoms with Crippen molar-refractivity contribution in [1.29, 1.82) is 0 Å². The zero-order chi connectivity index (χ0) is 18.5. The van der Waals surface area contributed by atoms with Crippen LogP contribution in [0.3, 0.4) is 0 Å². The molecule has 0 aliphatic heterocycles. The molecule has 26 heavy (non-hydrogen) atoms. The maximum Gasteiger partial charge on any atom is 0.133 e. The Labute approximate surface area is 159 Å². The average molecular weight is 360 g/mol. The van der Waals surface area contributed by atoms with Gasteiger partial charge in [-0.25, -0.2) is 0 Å². The van der Waals surface area contributed by atoms with Crippen LogP contribution in [0.25, 0.3) is 0 Å². The van der Waals surface area contributed by atoms with Crippen LogP contribution in [0.4, 0.5) is 0 Å². The first kappa shape index (κ1) is 18.7. The molecule has 3 heteroatoms. The van der Waals surface area contributed by atoms with E-state index < -0.39 is 0 Å². The molecule has 0 aromatic carbocycles. The minimum absolute atomic E-state index is 0.260. The van der Waals surface area contributed by atoms with Crippen molar-refractivity contribution in [3.05, 3.63) is 11.6 Å². The van der Waals surface area contributed by atoms with Crippen molar-refractivity contribution in [2.45, 2.75) is 78.2 Å². The molecule has 4 rings (SSSR count). The van der Waals surface area contributed by atoms with Gasteiger partial charge in [-0.2, -0.15) is 0 Å². The molecule has 3 nitrogen and oxygen atoms in total. The predicted octanol–water partition coefficient (Wildman–Crippen LogP) is 4.50. The molecule has 146 valence electrons. The Balaban J connectivity index is 1.56. The largest absolute Gasteiger partial charge is 0.377 e. The Kier molecular flexibility index (Phi) is 4.84. The normalized spacial score (nSPS) is 47.5. The Bertz CT molecular complexity index is 599. The molecule has 3 fully saturated rings. The SMILES string of the molecule is CC(=O)[C@H]1CC[C@H]2[C@@H]3CC=C4CC(OCCN)CC[C@]4(C)[C@H]3CC[C@]12C. The van der Waals surface area contributed by atoms with Gasteiger partial charge in [0.15, 0.2) is 0 Å². The minimum Gasteiger partial charge on any atom is -0.377 e. The summed E-state index contributed by atoms with van der Waals surface area (Å²) in [5, 5.41) is 0. The topological polar surface area (TPSA) is 52.3 Å². The summed E-state index contributed by atoms with van der Waals surface area (Å²) >= 11 is 0. The minimum atomic E-state index is 0.260. The van der Waals surface area contributed by atoms with Gasteiger partial charge in [-0.15, -0.1) is 0 Å². The third kappa shape index (κ3) is 2.73. The van der Waals surface area contributed by atoms with Gasteiger partial charge < -0.3 is 10.5 Å². The number of Topliss-reactive ketones (excluding diaryl/α,β-unsaturated/α-hetero) is 1. The van der Waals surface area contributed by atoms with Crippen molar-refractivity contribution in [3.8, 4) is 0 Å². The lowest BCUT2D eigenvalue weighted by atomic mass is 9.47. The Hall–Kier alpha value is -0.670. The van der Waals surface area contributed by atoms with E-state index in [0.717, 1.165) is 30.6 Å². The molecular formula is C23H37NO2. The molecule has 0 amide bonds. The lowest BCUT2D eigenvalue weighted by Crippen LogP contribution is -2.51. The van der Waals surface area contributed by atoms with Gasteiger partial charge in [0, 0.05) is 12.5 Å². The van der Waals surface area contributed by atoms with Crippen molar-refractivity contribution in [3.63, 3.8) is 0 Å². The highest BCUT2D eigenvalue weighted by molar-refractivity contribution is 5.79. The highest BCUT2D eigenvalue weighted by Gasteiger charge is 2.59. The van der Waals surface area contributed by atoms with Crippen LogP contribution in [0.15, 0.2) is 11.6 Å². The molecule has 2 N–H and O–H groups in total. The fraction of sp³-hybridized carbons (Fsp3) is 0.870. The van der Waals surface area contributed by atoms with Gasteiger partial charge in [0.2, 0.25) is 0 Å². The van der Waals surface area contributed by atoms with Crippen LogP contribution in [0, 0.1) is 34.5 Å². The number of hydrogen-bond donors (Lipinski definition) is 1. The summed E-state index contributed by atoms with van der Waals surface area (Å²) in [6.45, 7) is 8.11. The molecule has 7 atom stereocenters. The summed E-state index contributed by atoms with van der Waals surface area (Å²) in [5.41, 5.74) is 7.91. The number of carbonyl (C=O) groups excluding carboxylic acids is 1. The van der Waals surface area contributed by atoms with Crippen LogP contribution in [0.5, 0.6) is 0 Å². The van der Waals surface area contributed by atoms with Gasteiger partial charge in [0.25, 0.3) is 0 Å². The van der Waals surface area contributed by atoms with E-state index in [0.29, 0.717) is 36.4 Å². The first-order valence-corrected chi connectivity index (χ1v) is 10.9. The summed E-state index contributed by atoms with van der Waals surface area (Å²) in [6, 6.07) is 0. The zero-order valence-electron chi connectivity index (χ0n) is 16.9. The second-order valence-corrected chi connectivity index (χ2v) is 10.1. The van der Waals surface area contributed by atoms with Crippen LogP contribution < -0.4 is 5.73 Å². The first-order valence-electron chi connectivity index (χ1n) is 10.9. The summed E-state index contributed by atoms with van der Waals surface area (Å²) in [7, 11) is 0. The van der Waals surface area contributed by atoms with Crippen molar-refractivity contribution < 1.29 is 9.53 Å². The summed E-state index contributed by atoms with van der Waals surface area (Å²) in [5.74, 6) is 3.09. The van der Waals surface area contributed by atoms with E-state index in [1.807, 2.05) is 6.92 Å². The fourth-order valence-electron chi connectivity index (χ4n) is 7.67. The molecule has 0 heterocycles. The van der Waals surface area contributed by atoms with Crippen LogP contribution in [0.1, 0.15) is 72.1 Å². The van der Waals surface area contributed by atoms with Crippen LogP contribution in [-0.2, 0) is 9.53 Å². The smallest absolute Gasteiger partial charge is 0.133 e. The number of ketones is 1. The second-order valence-electron chi connectivity index (χ2n) is 10.1. The average Bonchev–Trinajstić information content (AvgIpc) is 2.97. The van der Waals surface area contributed by atoms with Gasteiger partial charge in [-0.1, -0.05) is 25.5 Å². The van der Waals surface area contributed by atoms with Crippen molar-refractivity contribution in [2.75, 3.05) is 13.2 Å².